The molecule has 2 rings (SSSR count). The Bertz CT molecular complexity index is 636. The van der Waals surface area contributed by atoms with E-state index in [0.717, 1.165) is 16.6 Å². The summed E-state index contributed by atoms with van der Waals surface area (Å²) in [6.07, 6.45) is 0.714. The van der Waals surface area contributed by atoms with Crippen molar-refractivity contribution in [3.8, 4) is 0 Å². The molecule has 1 atom stereocenters. The van der Waals surface area contributed by atoms with Crippen LogP contribution in [0.2, 0.25) is 5.02 Å². The van der Waals surface area contributed by atoms with Crippen LogP contribution in [0.15, 0.2) is 40.9 Å². The summed E-state index contributed by atoms with van der Waals surface area (Å²) >= 11 is 12.1. The molecule has 0 saturated heterocycles. The zero-order chi connectivity index (χ0) is 15.4. The first-order valence-electron chi connectivity index (χ1n) is 6.63. The van der Waals surface area contributed by atoms with Crippen molar-refractivity contribution < 1.29 is 4.39 Å². The third kappa shape index (κ3) is 4.65. The van der Waals surface area contributed by atoms with E-state index in [1.165, 1.54) is 21.3 Å². The average molecular weight is 483 g/mol. The number of nitrogens with one attached hydrogen (secondary N) is 1. The lowest BCUT2D eigenvalue weighted by molar-refractivity contribution is 0.546. The molecule has 0 aliphatic carbocycles. The molecule has 5 heteroatoms. The van der Waals surface area contributed by atoms with E-state index in [1.807, 2.05) is 6.07 Å². The number of halogens is 4. The van der Waals surface area contributed by atoms with E-state index in [4.69, 9.17) is 11.6 Å². The van der Waals surface area contributed by atoms with Crippen molar-refractivity contribution in [2.75, 3.05) is 6.54 Å². The van der Waals surface area contributed by atoms with Crippen LogP contribution >= 0.6 is 50.1 Å². The molecule has 2 aromatic carbocycles. The second-order valence-electron chi connectivity index (χ2n) is 4.72. The third-order valence-electron chi connectivity index (χ3n) is 3.22. The van der Waals surface area contributed by atoms with Crippen molar-refractivity contribution in [3.05, 3.63) is 66.4 Å². The molecule has 21 heavy (non-hydrogen) atoms. The highest BCUT2D eigenvalue weighted by Crippen LogP contribution is 2.30. The standard InChI is InChI=1S/C16H15BrClFIN/c1-2-21-16(13-9-12(20)5-6-14(13)17)7-10-3-4-11(19)8-15(10)18/h3-6,8-9,16,21H,2,7H2,1H3. The summed E-state index contributed by atoms with van der Waals surface area (Å²) in [6, 6.07) is 11.0. The molecular weight excluding hydrogens is 467 g/mol. The second-order valence-corrected chi connectivity index (χ2v) is 7.22. The molecule has 0 radical (unpaired) electrons. The first-order chi connectivity index (χ1) is 10.0. The Morgan fingerprint density at radius 1 is 1.29 bits per heavy atom. The van der Waals surface area contributed by atoms with Crippen LogP contribution < -0.4 is 5.32 Å². The Morgan fingerprint density at radius 2 is 2.05 bits per heavy atom. The summed E-state index contributed by atoms with van der Waals surface area (Å²) in [7, 11) is 0. The normalized spacial score (nSPS) is 12.4. The van der Waals surface area contributed by atoms with Crippen molar-refractivity contribution in [3.63, 3.8) is 0 Å². The highest BCUT2D eigenvalue weighted by atomic mass is 127. The molecule has 0 aliphatic rings. The number of hydrogen-bond donors (Lipinski definition) is 1. The summed E-state index contributed by atoms with van der Waals surface area (Å²) in [5, 5.41) is 3.94. The Balaban J connectivity index is 2.32. The molecule has 0 heterocycles. The Hall–Kier alpha value is -0.170. The molecule has 1 unspecified atom stereocenters. The van der Waals surface area contributed by atoms with Gasteiger partial charge < -0.3 is 5.32 Å². The minimum Gasteiger partial charge on any atom is -0.310 e. The van der Waals surface area contributed by atoms with Gasteiger partial charge >= 0.3 is 0 Å². The van der Waals surface area contributed by atoms with Gasteiger partial charge in [-0.2, -0.15) is 0 Å². The average Bonchev–Trinajstić information content (AvgIpc) is 2.44. The summed E-state index contributed by atoms with van der Waals surface area (Å²) < 4.78 is 15.4. The van der Waals surface area contributed by atoms with Gasteiger partial charge in [-0.3, -0.25) is 0 Å². The predicted octanol–water partition coefficient (Wildman–Crippen LogP) is 5.74. The molecule has 0 amide bonds. The topological polar surface area (TPSA) is 12.0 Å². The lowest BCUT2D eigenvalue weighted by Crippen LogP contribution is -2.23. The molecule has 0 aliphatic heterocycles. The maximum absolute atomic E-state index is 13.2. The smallest absolute Gasteiger partial charge is 0.124 e. The van der Waals surface area contributed by atoms with E-state index in [1.54, 1.807) is 6.07 Å². The fraction of sp³-hybridized carbons (Fsp3) is 0.250. The van der Waals surface area contributed by atoms with Gasteiger partial charge in [0.2, 0.25) is 0 Å². The van der Waals surface area contributed by atoms with Gasteiger partial charge in [0.05, 0.1) is 0 Å². The number of rotatable bonds is 5. The van der Waals surface area contributed by atoms with Gasteiger partial charge in [0.25, 0.3) is 0 Å². The lowest BCUT2D eigenvalue weighted by Gasteiger charge is -2.21. The SMILES string of the molecule is CCNC(Cc1ccc(F)cc1Cl)c1cc(I)ccc1Br. The number of hydrogen-bond acceptors (Lipinski definition) is 1. The summed E-state index contributed by atoms with van der Waals surface area (Å²) in [5.41, 5.74) is 2.12. The minimum atomic E-state index is -0.306. The van der Waals surface area contributed by atoms with E-state index >= 15 is 0 Å². The zero-order valence-corrected chi connectivity index (χ0v) is 16.0. The molecule has 0 spiro atoms. The highest BCUT2D eigenvalue weighted by Gasteiger charge is 2.16. The van der Waals surface area contributed by atoms with Crippen LogP contribution in [0.4, 0.5) is 4.39 Å². The first kappa shape index (κ1) is 17.2. The highest BCUT2D eigenvalue weighted by molar-refractivity contribution is 14.1. The van der Waals surface area contributed by atoms with Gasteiger partial charge in [-0.1, -0.05) is 40.5 Å². The molecule has 1 N–H and O–H groups in total. The molecule has 2 aromatic rings. The summed E-state index contributed by atoms with van der Waals surface area (Å²) in [4.78, 5) is 0. The molecule has 0 fully saturated rings. The van der Waals surface area contributed by atoms with Gasteiger partial charge in [-0.25, -0.2) is 4.39 Å². The van der Waals surface area contributed by atoms with Gasteiger partial charge in [-0.05, 0) is 77.0 Å². The quantitative estimate of drug-likeness (QED) is 0.536. The van der Waals surface area contributed by atoms with Crippen LogP contribution in [-0.2, 0) is 6.42 Å². The van der Waals surface area contributed by atoms with E-state index < -0.39 is 0 Å². The maximum atomic E-state index is 13.2. The van der Waals surface area contributed by atoms with Crippen molar-refractivity contribution in [1.82, 2.24) is 5.32 Å². The summed E-state index contributed by atoms with van der Waals surface area (Å²) in [5.74, 6) is -0.306. The van der Waals surface area contributed by atoms with Crippen LogP contribution in [-0.4, -0.2) is 6.54 Å². The number of likely N-dealkylation sites (N-methyl/N-ethyl adjacent to an activating group) is 1. The molecule has 0 saturated carbocycles. The fourth-order valence-electron chi connectivity index (χ4n) is 2.23. The first-order valence-corrected chi connectivity index (χ1v) is 8.88. The van der Waals surface area contributed by atoms with Crippen molar-refractivity contribution >= 4 is 50.1 Å². The zero-order valence-electron chi connectivity index (χ0n) is 11.5. The Morgan fingerprint density at radius 3 is 2.71 bits per heavy atom. The van der Waals surface area contributed by atoms with Crippen LogP contribution in [0.3, 0.4) is 0 Å². The van der Waals surface area contributed by atoms with Crippen molar-refractivity contribution in [1.29, 1.82) is 0 Å². The largest absolute Gasteiger partial charge is 0.310 e. The lowest BCUT2D eigenvalue weighted by atomic mass is 9.98. The van der Waals surface area contributed by atoms with E-state index in [0.29, 0.717) is 11.4 Å². The van der Waals surface area contributed by atoms with Gasteiger partial charge in [0, 0.05) is 19.1 Å². The van der Waals surface area contributed by atoms with E-state index in [9.17, 15) is 4.39 Å². The second kappa shape index (κ2) is 7.90. The van der Waals surface area contributed by atoms with Crippen LogP contribution in [0.1, 0.15) is 24.1 Å². The van der Waals surface area contributed by atoms with E-state index in [2.05, 4.69) is 62.9 Å². The molecular formula is C16H15BrClFIN. The molecule has 0 bridgehead atoms. The molecule has 1 nitrogen and oxygen atoms in total. The summed E-state index contributed by atoms with van der Waals surface area (Å²) in [6.45, 7) is 2.92. The van der Waals surface area contributed by atoms with Gasteiger partial charge in [0.15, 0.2) is 0 Å². The Labute approximate surface area is 151 Å². The van der Waals surface area contributed by atoms with Crippen molar-refractivity contribution in [2.24, 2.45) is 0 Å². The maximum Gasteiger partial charge on any atom is 0.124 e. The predicted molar refractivity (Wildman–Crippen MR) is 98.4 cm³/mol. The number of benzene rings is 2. The van der Waals surface area contributed by atoms with E-state index in [-0.39, 0.29) is 11.9 Å². The Kier molecular flexibility index (Phi) is 6.47. The third-order valence-corrected chi connectivity index (χ3v) is 4.97. The van der Waals surface area contributed by atoms with Crippen molar-refractivity contribution in [2.45, 2.75) is 19.4 Å². The van der Waals surface area contributed by atoms with Crippen LogP contribution in [0.5, 0.6) is 0 Å². The van der Waals surface area contributed by atoms with Crippen LogP contribution in [0, 0.1) is 9.39 Å². The molecule has 0 aromatic heterocycles. The van der Waals surface area contributed by atoms with Crippen LogP contribution in [0.25, 0.3) is 0 Å². The monoisotopic (exact) mass is 481 g/mol. The van der Waals surface area contributed by atoms with Gasteiger partial charge in [-0.15, -0.1) is 0 Å². The fourth-order valence-corrected chi connectivity index (χ4v) is 3.51. The molecule has 112 valence electrons. The minimum absolute atomic E-state index is 0.127. The van der Waals surface area contributed by atoms with Gasteiger partial charge in [0.1, 0.15) is 5.82 Å².